The van der Waals surface area contributed by atoms with Crippen molar-refractivity contribution < 1.29 is 24.2 Å². The molecule has 4 aromatic carbocycles. The fraction of sp³-hybridized carbons (Fsp3) is 0.297. The van der Waals surface area contributed by atoms with Gasteiger partial charge in [0.05, 0.1) is 24.6 Å². The summed E-state index contributed by atoms with van der Waals surface area (Å²) in [7, 11) is 2.05. The van der Waals surface area contributed by atoms with Crippen molar-refractivity contribution in [2.45, 2.75) is 39.0 Å². The predicted octanol–water partition coefficient (Wildman–Crippen LogP) is 6.01. The molecule has 1 heterocycles. The number of hydrogen-bond donors (Lipinski definition) is 2. The summed E-state index contributed by atoms with van der Waals surface area (Å²) >= 11 is 0. The van der Waals surface area contributed by atoms with Crippen molar-refractivity contribution in [3.8, 4) is 17.2 Å². The van der Waals surface area contributed by atoms with Gasteiger partial charge in [0, 0.05) is 31.2 Å². The topological polar surface area (TPSA) is 91.3 Å². The Bertz CT molecular complexity index is 1560. The molecule has 45 heavy (non-hydrogen) atoms. The zero-order valence-electron chi connectivity index (χ0n) is 26.1. The van der Waals surface area contributed by atoms with E-state index in [1.165, 1.54) is 0 Å². The van der Waals surface area contributed by atoms with E-state index in [9.17, 15) is 14.7 Å². The zero-order chi connectivity index (χ0) is 31.8. The van der Waals surface area contributed by atoms with Gasteiger partial charge in [-0.2, -0.15) is 0 Å². The largest absolute Gasteiger partial charge is 0.488 e. The summed E-state index contributed by atoms with van der Waals surface area (Å²) in [6.07, 6.45) is -0.000431. The van der Waals surface area contributed by atoms with E-state index >= 15 is 0 Å². The highest BCUT2D eigenvalue weighted by Crippen LogP contribution is 2.31. The zero-order valence-corrected chi connectivity index (χ0v) is 26.1. The molecule has 0 bridgehead atoms. The van der Waals surface area contributed by atoms with Crippen LogP contribution in [0, 0.1) is 5.92 Å². The van der Waals surface area contributed by atoms with Crippen molar-refractivity contribution in [1.82, 2.24) is 9.80 Å². The standard InChI is InChI=1S/C37H41N3O5/c1-26-22-40(27(2)25-41)37(43)33-21-30(38-36(42)20-28-10-6-4-7-11-28)16-19-34(33)45-35(26)24-39(3)23-29-14-17-32(18-15-29)44-31-12-8-5-9-13-31/h4-19,21,26-27,35,41H,20,22-25H2,1-3H3,(H,38,42)/t26-,27-,35-/m0/s1. The predicted molar refractivity (Wildman–Crippen MR) is 176 cm³/mol. The van der Waals surface area contributed by atoms with E-state index in [1.807, 2.05) is 79.7 Å². The summed E-state index contributed by atoms with van der Waals surface area (Å²) < 4.78 is 12.5. The van der Waals surface area contributed by atoms with Gasteiger partial charge in [0.2, 0.25) is 5.91 Å². The lowest BCUT2D eigenvalue weighted by atomic mass is 9.99. The van der Waals surface area contributed by atoms with E-state index in [1.54, 1.807) is 23.1 Å². The third-order valence-corrected chi connectivity index (χ3v) is 8.00. The van der Waals surface area contributed by atoms with E-state index in [0.717, 1.165) is 22.6 Å². The number of carbonyl (C=O) groups excluding carboxylic acids is 2. The Morgan fingerprint density at radius 3 is 2.33 bits per heavy atom. The van der Waals surface area contributed by atoms with Gasteiger partial charge in [-0.05, 0) is 67.6 Å². The number of amides is 2. The van der Waals surface area contributed by atoms with Gasteiger partial charge in [0.25, 0.3) is 5.91 Å². The number of ether oxygens (including phenoxy) is 2. The van der Waals surface area contributed by atoms with Crippen LogP contribution in [-0.2, 0) is 17.8 Å². The summed E-state index contributed by atoms with van der Waals surface area (Å²) in [5, 5.41) is 12.9. The molecule has 1 aliphatic rings. The van der Waals surface area contributed by atoms with Gasteiger partial charge < -0.3 is 24.8 Å². The van der Waals surface area contributed by atoms with Crippen molar-refractivity contribution in [1.29, 1.82) is 0 Å². The number of carbonyl (C=O) groups is 2. The molecule has 0 fully saturated rings. The number of para-hydroxylation sites is 1. The van der Waals surface area contributed by atoms with Crippen molar-refractivity contribution in [2.24, 2.45) is 5.92 Å². The van der Waals surface area contributed by atoms with E-state index < -0.39 is 0 Å². The molecule has 234 valence electrons. The molecule has 4 aromatic rings. The van der Waals surface area contributed by atoms with Crippen molar-refractivity contribution in [3.05, 3.63) is 120 Å². The molecule has 0 aromatic heterocycles. The lowest BCUT2D eigenvalue weighted by Crippen LogP contribution is -2.49. The molecule has 0 unspecified atom stereocenters. The second kappa shape index (κ2) is 14.9. The molecule has 1 aliphatic heterocycles. The lowest BCUT2D eigenvalue weighted by Gasteiger charge is -2.38. The Kier molecular flexibility index (Phi) is 10.5. The Balaban J connectivity index is 1.29. The van der Waals surface area contributed by atoms with E-state index in [0.29, 0.717) is 36.6 Å². The van der Waals surface area contributed by atoms with Crippen LogP contribution in [0.4, 0.5) is 5.69 Å². The third-order valence-electron chi connectivity index (χ3n) is 8.00. The molecule has 3 atom stereocenters. The van der Waals surface area contributed by atoms with Crippen LogP contribution in [0.15, 0.2) is 103 Å². The van der Waals surface area contributed by atoms with Gasteiger partial charge in [-0.25, -0.2) is 0 Å². The van der Waals surface area contributed by atoms with Crippen LogP contribution in [0.3, 0.4) is 0 Å². The number of rotatable bonds is 11. The van der Waals surface area contributed by atoms with Crippen molar-refractivity contribution in [3.63, 3.8) is 0 Å². The first-order valence-corrected chi connectivity index (χ1v) is 15.4. The SMILES string of the molecule is C[C@H]1CN([C@@H](C)CO)C(=O)c2cc(NC(=O)Cc3ccccc3)ccc2O[C@H]1CN(C)Cc1ccc(Oc2ccccc2)cc1. The number of nitrogens with zero attached hydrogens (tertiary/aromatic N) is 2. The second-order valence-corrected chi connectivity index (χ2v) is 11.8. The number of likely N-dealkylation sites (N-methyl/N-ethyl adjacent to an activating group) is 1. The molecule has 0 saturated carbocycles. The Morgan fingerprint density at radius 1 is 0.978 bits per heavy atom. The second-order valence-electron chi connectivity index (χ2n) is 11.8. The van der Waals surface area contributed by atoms with Crippen molar-refractivity contribution in [2.75, 3.05) is 32.1 Å². The molecule has 0 saturated heterocycles. The fourth-order valence-corrected chi connectivity index (χ4v) is 5.48. The first-order valence-electron chi connectivity index (χ1n) is 15.4. The maximum absolute atomic E-state index is 13.8. The number of anilines is 1. The lowest BCUT2D eigenvalue weighted by molar-refractivity contribution is -0.115. The average Bonchev–Trinajstić information content (AvgIpc) is 3.04. The minimum atomic E-state index is -0.378. The van der Waals surface area contributed by atoms with E-state index in [2.05, 4.69) is 36.3 Å². The molecular weight excluding hydrogens is 566 g/mol. The fourth-order valence-electron chi connectivity index (χ4n) is 5.48. The highest BCUT2D eigenvalue weighted by Gasteiger charge is 2.33. The van der Waals surface area contributed by atoms with Crippen LogP contribution in [0.2, 0.25) is 0 Å². The Morgan fingerprint density at radius 2 is 1.64 bits per heavy atom. The van der Waals surface area contributed by atoms with Gasteiger partial charge in [-0.3, -0.25) is 14.5 Å². The molecule has 0 aliphatic carbocycles. The number of nitrogens with one attached hydrogen (secondary N) is 1. The Labute approximate surface area is 265 Å². The molecule has 0 spiro atoms. The summed E-state index contributed by atoms with van der Waals surface area (Å²) in [6, 6.07) is 32.1. The van der Waals surface area contributed by atoms with Crippen LogP contribution < -0.4 is 14.8 Å². The van der Waals surface area contributed by atoms with E-state index in [-0.39, 0.29) is 42.9 Å². The number of aliphatic hydroxyl groups is 1. The first kappa shape index (κ1) is 31.8. The summed E-state index contributed by atoms with van der Waals surface area (Å²) in [4.78, 5) is 30.4. The van der Waals surface area contributed by atoms with Crippen LogP contribution in [0.1, 0.15) is 35.3 Å². The maximum Gasteiger partial charge on any atom is 0.258 e. The number of hydrogen-bond acceptors (Lipinski definition) is 6. The van der Waals surface area contributed by atoms with Crippen LogP contribution in [-0.4, -0.2) is 65.6 Å². The minimum absolute atomic E-state index is 0.00884. The van der Waals surface area contributed by atoms with Gasteiger partial charge in [0.1, 0.15) is 23.4 Å². The van der Waals surface area contributed by atoms with E-state index in [4.69, 9.17) is 9.47 Å². The van der Waals surface area contributed by atoms with Crippen LogP contribution >= 0.6 is 0 Å². The molecule has 2 N–H and O–H groups in total. The Hall–Kier alpha value is -4.66. The number of aliphatic hydroxyl groups excluding tert-OH is 1. The van der Waals surface area contributed by atoms with Crippen LogP contribution in [0.5, 0.6) is 17.2 Å². The molecule has 0 radical (unpaired) electrons. The monoisotopic (exact) mass is 607 g/mol. The summed E-state index contributed by atoms with van der Waals surface area (Å²) in [5.74, 6) is 1.62. The number of fused-ring (bicyclic) bond motifs is 1. The summed E-state index contributed by atoms with van der Waals surface area (Å²) in [5.41, 5.74) is 2.92. The maximum atomic E-state index is 13.8. The molecular formula is C37H41N3O5. The van der Waals surface area contributed by atoms with Gasteiger partial charge in [-0.15, -0.1) is 0 Å². The molecule has 5 rings (SSSR count). The first-order chi connectivity index (χ1) is 21.8. The van der Waals surface area contributed by atoms with Gasteiger partial charge in [0.15, 0.2) is 0 Å². The highest BCUT2D eigenvalue weighted by atomic mass is 16.5. The number of benzene rings is 4. The smallest absolute Gasteiger partial charge is 0.258 e. The molecule has 2 amide bonds. The quantitative estimate of drug-likeness (QED) is 0.217. The normalized spacial score (nSPS) is 17.1. The minimum Gasteiger partial charge on any atom is -0.488 e. The molecule has 8 nitrogen and oxygen atoms in total. The van der Waals surface area contributed by atoms with Crippen molar-refractivity contribution >= 4 is 17.5 Å². The summed E-state index contributed by atoms with van der Waals surface area (Å²) in [6.45, 7) is 5.50. The van der Waals surface area contributed by atoms with Crippen LogP contribution in [0.25, 0.3) is 0 Å². The average molecular weight is 608 g/mol. The highest BCUT2D eigenvalue weighted by molar-refractivity contribution is 6.00. The van der Waals surface area contributed by atoms with Gasteiger partial charge >= 0.3 is 0 Å². The van der Waals surface area contributed by atoms with Gasteiger partial charge in [-0.1, -0.05) is 67.6 Å². The molecule has 8 heteroatoms. The third kappa shape index (κ3) is 8.50.